The summed E-state index contributed by atoms with van der Waals surface area (Å²) in [4.78, 5) is 11.4. The van der Waals surface area contributed by atoms with Gasteiger partial charge in [0.25, 0.3) is 0 Å². The second-order valence-electron chi connectivity index (χ2n) is 3.42. The van der Waals surface area contributed by atoms with E-state index in [4.69, 9.17) is 5.11 Å². The van der Waals surface area contributed by atoms with Gasteiger partial charge in [-0.15, -0.1) is 0 Å². The topological polar surface area (TPSA) is 37.3 Å². The van der Waals surface area contributed by atoms with Gasteiger partial charge in [0.2, 0.25) is 0 Å². The summed E-state index contributed by atoms with van der Waals surface area (Å²) in [7, 11) is 0. The molecule has 0 radical (unpaired) electrons. The predicted molar refractivity (Wildman–Crippen MR) is 51.9 cm³/mol. The summed E-state index contributed by atoms with van der Waals surface area (Å²) in [5.41, 5.74) is 2.68. The average molecular weight is 178 g/mol. The Labute approximate surface area is 78.2 Å². The number of carbonyl (C=O) groups excluding carboxylic acids is 1. The Morgan fingerprint density at radius 1 is 1.23 bits per heavy atom. The summed E-state index contributed by atoms with van der Waals surface area (Å²) in [5.74, 6) is -0.216. The molecule has 1 aromatic rings. The van der Waals surface area contributed by atoms with Gasteiger partial charge in [-0.1, -0.05) is 17.2 Å². The van der Waals surface area contributed by atoms with Gasteiger partial charge in [-0.3, -0.25) is 4.79 Å². The molecule has 0 aliphatic heterocycles. The van der Waals surface area contributed by atoms with Crippen molar-refractivity contribution in [1.82, 2.24) is 0 Å². The maximum atomic E-state index is 11.4. The van der Waals surface area contributed by atoms with Crippen molar-refractivity contribution in [3.05, 3.63) is 34.9 Å². The lowest BCUT2D eigenvalue weighted by atomic mass is 10.0. The SMILES string of the molecule is Cc1cc(C)cc(C(=O)C(C)O)c1. The third-order valence-electron chi connectivity index (χ3n) is 1.89. The molecule has 0 amide bonds. The molecule has 0 fully saturated rings. The van der Waals surface area contributed by atoms with Crippen LogP contribution in [0.25, 0.3) is 0 Å². The maximum Gasteiger partial charge on any atom is 0.190 e. The van der Waals surface area contributed by atoms with Crippen LogP contribution in [0.5, 0.6) is 0 Å². The van der Waals surface area contributed by atoms with Crippen LogP contribution < -0.4 is 0 Å². The fourth-order valence-corrected chi connectivity index (χ4v) is 1.36. The fraction of sp³-hybridized carbons (Fsp3) is 0.364. The van der Waals surface area contributed by atoms with E-state index in [1.807, 2.05) is 19.9 Å². The molecule has 1 rings (SSSR count). The Hall–Kier alpha value is -1.15. The Morgan fingerprint density at radius 3 is 2.08 bits per heavy atom. The van der Waals surface area contributed by atoms with E-state index in [-0.39, 0.29) is 5.78 Å². The first-order valence-corrected chi connectivity index (χ1v) is 4.31. The molecular formula is C11H14O2. The molecular weight excluding hydrogens is 164 g/mol. The molecule has 0 saturated carbocycles. The van der Waals surface area contributed by atoms with Crippen LogP contribution in [-0.4, -0.2) is 17.0 Å². The third kappa shape index (κ3) is 2.39. The molecule has 1 N–H and O–H groups in total. The van der Waals surface area contributed by atoms with Crippen molar-refractivity contribution < 1.29 is 9.90 Å². The quantitative estimate of drug-likeness (QED) is 0.702. The highest BCUT2D eigenvalue weighted by molar-refractivity contribution is 5.99. The minimum Gasteiger partial charge on any atom is -0.385 e. The van der Waals surface area contributed by atoms with Gasteiger partial charge in [-0.05, 0) is 32.9 Å². The Balaban J connectivity index is 3.08. The molecule has 0 spiro atoms. The number of carbonyl (C=O) groups is 1. The first-order valence-electron chi connectivity index (χ1n) is 4.31. The van der Waals surface area contributed by atoms with Gasteiger partial charge in [0.1, 0.15) is 6.10 Å². The summed E-state index contributed by atoms with van der Waals surface area (Å²) in [6, 6.07) is 5.59. The Morgan fingerprint density at radius 2 is 1.69 bits per heavy atom. The minimum atomic E-state index is -0.916. The van der Waals surface area contributed by atoms with Crippen molar-refractivity contribution in [2.75, 3.05) is 0 Å². The highest BCUT2D eigenvalue weighted by Gasteiger charge is 2.11. The number of aliphatic hydroxyl groups is 1. The average Bonchev–Trinajstić information content (AvgIpc) is 2.01. The van der Waals surface area contributed by atoms with Gasteiger partial charge in [-0.25, -0.2) is 0 Å². The van der Waals surface area contributed by atoms with Gasteiger partial charge < -0.3 is 5.11 Å². The second-order valence-corrected chi connectivity index (χ2v) is 3.42. The van der Waals surface area contributed by atoms with Gasteiger partial charge in [0.15, 0.2) is 5.78 Å². The zero-order valence-corrected chi connectivity index (χ0v) is 8.16. The lowest BCUT2D eigenvalue weighted by Crippen LogP contribution is -2.16. The molecule has 2 nitrogen and oxygen atoms in total. The van der Waals surface area contributed by atoms with Crippen LogP contribution in [0.1, 0.15) is 28.4 Å². The standard InChI is InChI=1S/C11H14O2/c1-7-4-8(2)6-10(5-7)11(13)9(3)12/h4-6,9,12H,1-3H3. The molecule has 0 aromatic heterocycles. The zero-order chi connectivity index (χ0) is 10.0. The van der Waals surface area contributed by atoms with Gasteiger partial charge in [-0.2, -0.15) is 0 Å². The van der Waals surface area contributed by atoms with Crippen LogP contribution in [0.4, 0.5) is 0 Å². The summed E-state index contributed by atoms with van der Waals surface area (Å²) in [5, 5.41) is 9.11. The van der Waals surface area contributed by atoms with Crippen LogP contribution in [0.15, 0.2) is 18.2 Å². The number of ketones is 1. The van der Waals surface area contributed by atoms with Crippen molar-refractivity contribution in [2.45, 2.75) is 26.9 Å². The fourth-order valence-electron chi connectivity index (χ4n) is 1.36. The van der Waals surface area contributed by atoms with E-state index >= 15 is 0 Å². The lowest BCUT2D eigenvalue weighted by molar-refractivity contribution is 0.0779. The molecule has 1 unspecified atom stereocenters. The van der Waals surface area contributed by atoms with E-state index in [0.717, 1.165) is 11.1 Å². The van der Waals surface area contributed by atoms with Gasteiger partial charge in [0.05, 0.1) is 0 Å². The van der Waals surface area contributed by atoms with E-state index < -0.39 is 6.10 Å². The molecule has 1 aromatic carbocycles. The van der Waals surface area contributed by atoms with Crippen molar-refractivity contribution in [1.29, 1.82) is 0 Å². The normalized spacial score (nSPS) is 12.6. The molecule has 0 aliphatic rings. The summed E-state index contributed by atoms with van der Waals surface area (Å²) >= 11 is 0. The van der Waals surface area contributed by atoms with Crippen LogP contribution in [0, 0.1) is 13.8 Å². The number of hydrogen-bond donors (Lipinski definition) is 1. The third-order valence-corrected chi connectivity index (χ3v) is 1.89. The monoisotopic (exact) mass is 178 g/mol. The van der Waals surface area contributed by atoms with Gasteiger partial charge >= 0.3 is 0 Å². The highest BCUT2D eigenvalue weighted by atomic mass is 16.3. The number of Topliss-reactive ketones (excluding diaryl/α,β-unsaturated/α-hetero) is 1. The Kier molecular flexibility index (Phi) is 2.83. The molecule has 13 heavy (non-hydrogen) atoms. The van der Waals surface area contributed by atoms with Crippen LogP contribution in [0.3, 0.4) is 0 Å². The minimum absolute atomic E-state index is 0.216. The van der Waals surface area contributed by atoms with E-state index in [0.29, 0.717) is 5.56 Å². The largest absolute Gasteiger partial charge is 0.385 e. The second kappa shape index (κ2) is 3.71. The molecule has 0 bridgehead atoms. The van der Waals surface area contributed by atoms with Crippen LogP contribution >= 0.6 is 0 Å². The van der Waals surface area contributed by atoms with E-state index in [1.54, 1.807) is 12.1 Å². The number of rotatable bonds is 2. The summed E-state index contributed by atoms with van der Waals surface area (Å²) in [6.07, 6.45) is -0.916. The summed E-state index contributed by atoms with van der Waals surface area (Å²) < 4.78 is 0. The zero-order valence-electron chi connectivity index (χ0n) is 8.16. The number of aryl methyl sites for hydroxylation is 2. The van der Waals surface area contributed by atoms with Crippen LogP contribution in [-0.2, 0) is 0 Å². The highest BCUT2D eigenvalue weighted by Crippen LogP contribution is 2.10. The molecule has 0 aliphatic carbocycles. The molecule has 70 valence electrons. The van der Waals surface area contributed by atoms with Crippen molar-refractivity contribution >= 4 is 5.78 Å². The Bertz CT molecular complexity index is 307. The molecule has 0 saturated heterocycles. The smallest absolute Gasteiger partial charge is 0.190 e. The first-order chi connectivity index (χ1) is 6.00. The van der Waals surface area contributed by atoms with E-state index in [9.17, 15) is 4.79 Å². The number of aliphatic hydroxyl groups excluding tert-OH is 1. The van der Waals surface area contributed by atoms with Crippen molar-refractivity contribution in [3.8, 4) is 0 Å². The predicted octanol–water partition coefficient (Wildman–Crippen LogP) is 1.87. The summed E-state index contributed by atoms with van der Waals surface area (Å²) in [6.45, 7) is 5.36. The van der Waals surface area contributed by atoms with E-state index in [1.165, 1.54) is 6.92 Å². The van der Waals surface area contributed by atoms with E-state index in [2.05, 4.69) is 0 Å². The number of hydrogen-bond acceptors (Lipinski definition) is 2. The van der Waals surface area contributed by atoms with Crippen LogP contribution in [0.2, 0.25) is 0 Å². The van der Waals surface area contributed by atoms with Gasteiger partial charge in [0, 0.05) is 5.56 Å². The molecule has 0 heterocycles. The van der Waals surface area contributed by atoms with Crippen molar-refractivity contribution in [2.24, 2.45) is 0 Å². The number of benzene rings is 1. The van der Waals surface area contributed by atoms with Crippen molar-refractivity contribution in [3.63, 3.8) is 0 Å². The maximum absolute atomic E-state index is 11.4. The first kappa shape index (κ1) is 9.93. The lowest BCUT2D eigenvalue weighted by Gasteiger charge is -2.05. The molecule has 2 heteroatoms. The molecule has 1 atom stereocenters.